The lowest BCUT2D eigenvalue weighted by atomic mass is 10.1. The maximum absolute atomic E-state index is 13.7. The van der Waals surface area contributed by atoms with Gasteiger partial charge in [-0.05, 0) is 37.3 Å². The van der Waals surface area contributed by atoms with E-state index in [0.717, 1.165) is 0 Å². The van der Waals surface area contributed by atoms with Crippen LogP contribution < -0.4 is 16.2 Å². The van der Waals surface area contributed by atoms with Gasteiger partial charge in [-0.1, -0.05) is 61.0 Å². The molecular weight excluding hydrogens is 452 g/mol. The van der Waals surface area contributed by atoms with E-state index in [9.17, 15) is 14.4 Å². The molecule has 172 valence electrons. The quantitative estimate of drug-likeness (QED) is 0.398. The molecule has 0 bridgehead atoms. The predicted molar refractivity (Wildman–Crippen MR) is 135 cm³/mol. The number of hydrogen-bond donors (Lipinski definition) is 2. The second-order valence-corrected chi connectivity index (χ2v) is 8.12. The number of carbonyl (C=O) groups is 2. The van der Waals surface area contributed by atoms with E-state index in [1.165, 1.54) is 4.57 Å². The van der Waals surface area contributed by atoms with E-state index < -0.39 is 17.5 Å². The van der Waals surface area contributed by atoms with E-state index in [4.69, 9.17) is 11.6 Å². The number of halogens is 1. The molecule has 3 aromatic carbocycles. The molecule has 4 rings (SSSR count). The number of carbonyl (C=O) groups excluding carboxylic acids is 2. The van der Waals surface area contributed by atoms with Crippen LogP contribution in [0.25, 0.3) is 22.3 Å². The van der Waals surface area contributed by atoms with Crippen molar-refractivity contribution in [3.8, 4) is 11.3 Å². The molecular formula is C26H23ClN4O3. The minimum atomic E-state index is -0.868. The monoisotopic (exact) mass is 474 g/mol. The lowest BCUT2D eigenvalue weighted by Crippen LogP contribution is -2.33. The minimum absolute atomic E-state index is 0.142. The number of nitrogens with zero attached hydrogens (tertiary/aromatic N) is 2. The van der Waals surface area contributed by atoms with Crippen molar-refractivity contribution in [2.24, 2.45) is 0 Å². The number of benzene rings is 3. The summed E-state index contributed by atoms with van der Waals surface area (Å²) in [6.07, 6.45) is 0.295. The summed E-state index contributed by atoms with van der Waals surface area (Å²) in [5, 5.41) is 6.02. The number of amides is 2. The first-order chi connectivity index (χ1) is 16.4. The van der Waals surface area contributed by atoms with E-state index in [1.54, 1.807) is 80.6 Å². The Kier molecular flexibility index (Phi) is 6.75. The molecule has 0 unspecified atom stereocenters. The number of fused-ring (bicyclic) bond motifs is 1. The Morgan fingerprint density at radius 2 is 1.59 bits per heavy atom. The highest BCUT2D eigenvalue weighted by Crippen LogP contribution is 2.27. The second kappa shape index (κ2) is 9.89. The third-order valence-corrected chi connectivity index (χ3v) is 5.80. The van der Waals surface area contributed by atoms with Gasteiger partial charge in [-0.3, -0.25) is 19.0 Å². The van der Waals surface area contributed by atoms with Crippen LogP contribution in [0.5, 0.6) is 0 Å². The van der Waals surface area contributed by atoms with Crippen molar-refractivity contribution in [3.05, 3.63) is 88.2 Å². The molecule has 4 aromatic rings. The molecule has 0 aliphatic carbocycles. The highest BCUT2D eigenvalue weighted by atomic mass is 35.5. The maximum Gasteiger partial charge on any atom is 0.278 e. The van der Waals surface area contributed by atoms with Crippen LogP contribution in [0.1, 0.15) is 26.3 Å². The van der Waals surface area contributed by atoms with Gasteiger partial charge in [-0.15, -0.1) is 0 Å². The molecule has 7 nitrogen and oxygen atoms in total. The number of anilines is 2. The molecule has 0 saturated carbocycles. The van der Waals surface area contributed by atoms with Gasteiger partial charge in [0.15, 0.2) is 0 Å². The van der Waals surface area contributed by atoms with E-state index in [1.807, 2.05) is 6.07 Å². The molecule has 0 aliphatic rings. The number of hydrogen-bond acceptors (Lipinski definition) is 4. The second-order valence-electron chi connectivity index (χ2n) is 7.72. The molecule has 0 radical (unpaired) electrons. The molecule has 0 saturated heterocycles. The Balaban J connectivity index is 1.85. The Hall–Kier alpha value is -3.97. The van der Waals surface area contributed by atoms with Gasteiger partial charge in [0, 0.05) is 12.0 Å². The highest BCUT2D eigenvalue weighted by Gasteiger charge is 2.23. The number of para-hydroxylation sites is 4. The number of nitrogens with one attached hydrogen (secondary N) is 2. The van der Waals surface area contributed by atoms with Crippen LogP contribution in [0.2, 0.25) is 5.02 Å². The van der Waals surface area contributed by atoms with Crippen LogP contribution in [0, 0.1) is 0 Å². The number of rotatable bonds is 6. The van der Waals surface area contributed by atoms with E-state index >= 15 is 0 Å². The van der Waals surface area contributed by atoms with Gasteiger partial charge in [-0.25, -0.2) is 4.98 Å². The molecule has 8 heteroatoms. The standard InChI is InChI=1S/C26H23ClN4O3/c1-3-23(32)28-19-12-6-4-10-17(19)24-26(34)31(22-15-9-8-14-21(22)29-24)16(2)25(33)30-20-13-7-5-11-18(20)27/h4-16H,3H2,1-2H3,(H,28,32)(H,30,33)/t16-/m1/s1. The lowest BCUT2D eigenvalue weighted by Gasteiger charge is -2.20. The van der Waals surface area contributed by atoms with Crippen molar-refractivity contribution in [2.75, 3.05) is 10.6 Å². The zero-order valence-electron chi connectivity index (χ0n) is 18.7. The molecule has 1 heterocycles. The van der Waals surface area contributed by atoms with E-state index in [2.05, 4.69) is 15.6 Å². The first-order valence-electron chi connectivity index (χ1n) is 10.9. The Morgan fingerprint density at radius 1 is 0.941 bits per heavy atom. The maximum atomic E-state index is 13.7. The van der Waals surface area contributed by atoms with Crippen LogP contribution in [-0.2, 0) is 9.59 Å². The SMILES string of the molecule is CCC(=O)Nc1ccccc1-c1nc2ccccc2n([C@H](C)C(=O)Nc2ccccc2Cl)c1=O. The summed E-state index contributed by atoms with van der Waals surface area (Å²) in [6, 6.07) is 20.1. The molecule has 1 aromatic heterocycles. The first kappa shape index (κ1) is 23.2. The van der Waals surface area contributed by atoms with Gasteiger partial charge in [0.2, 0.25) is 11.8 Å². The summed E-state index contributed by atoms with van der Waals surface area (Å²) < 4.78 is 1.42. The Labute approximate surface area is 201 Å². The summed E-state index contributed by atoms with van der Waals surface area (Å²) in [6.45, 7) is 3.40. The fourth-order valence-corrected chi connectivity index (χ4v) is 3.85. The van der Waals surface area contributed by atoms with Gasteiger partial charge >= 0.3 is 0 Å². The van der Waals surface area contributed by atoms with E-state index in [0.29, 0.717) is 39.4 Å². The molecule has 0 aliphatic heterocycles. The van der Waals surface area contributed by atoms with Gasteiger partial charge in [0.25, 0.3) is 5.56 Å². The normalized spacial score (nSPS) is 11.7. The van der Waals surface area contributed by atoms with Gasteiger partial charge in [0.05, 0.1) is 27.4 Å². The van der Waals surface area contributed by atoms with Crippen molar-refractivity contribution in [3.63, 3.8) is 0 Å². The molecule has 0 spiro atoms. The third-order valence-electron chi connectivity index (χ3n) is 5.47. The Bertz CT molecular complexity index is 1450. The summed E-state index contributed by atoms with van der Waals surface area (Å²) in [5.41, 5.74) is 2.18. The van der Waals surface area contributed by atoms with Crippen molar-refractivity contribution >= 4 is 45.8 Å². The fourth-order valence-electron chi connectivity index (χ4n) is 3.67. The van der Waals surface area contributed by atoms with Crippen LogP contribution in [0.3, 0.4) is 0 Å². The molecule has 0 fully saturated rings. The average Bonchev–Trinajstić information content (AvgIpc) is 2.85. The summed E-state index contributed by atoms with van der Waals surface area (Å²) in [7, 11) is 0. The molecule has 1 atom stereocenters. The summed E-state index contributed by atoms with van der Waals surface area (Å²) >= 11 is 6.19. The van der Waals surface area contributed by atoms with Crippen LogP contribution >= 0.6 is 11.6 Å². The third kappa shape index (κ3) is 4.56. The zero-order valence-corrected chi connectivity index (χ0v) is 19.5. The van der Waals surface area contributed by atoms with Crippen molar-refractivity contribution in [1.29, 1.82) is 0 Å². The molecule has 2 amide bonds. The van der Waals surface area contributed by atoms with Gasteiger partial charge in [0.1, 0.15) is 11.7 Å². The molecule has 34 heavy (non-hydrogen) atoms. The van der Waals surface area contributed by atoms with E-state index in [-0.39, 0.29) is 11.6 Å². The topological polar surface area (TPSA) is 93.1 Å². The predicted octanol–water partition coefficient (Wildman–Crippen LogP) is 5.27. The van der Waals surface area contributed by atoms with Crippen molar-refractivity contribution in [1.82, 2.24) is 9.55 Å². The number of aromatic nitrogens is 2. The Morgan fingerprint density at radius 3 is 2.32 bits per heavy atom. The van der Waals surface area contributed by atoms with Crippen LogP contribution in [0.15, 0.2) is 77.6 Å². The minimum Gasteiger partial charge on any atom is -0.325 e. The van der Waals surface area contributed by atoms with Crippen LogP contribution in [-0.4, -0.2) is 21.4 Å². The van der Waals surface area contributed by atoms with Gasteiger partial charge < -0.3 is 10.6 Å². The average molecular weight is 475 g/mol. The zero-order chi connectivity index (χ0) is 24.2. The molecule has 2 N–H and O–H groups in total. The van der Waals surface area contributed by atoms with Crippen molar-refractivity contribution in [2.45, 2.75) is 26.3 Å². The first-order valence-corrected chi connectivity index (χ1v) is 11.2. The summed E-state index contributed by atoms with van der Waals surface area (Å²) in [5.74, 6) is -0.578. The fraction of sp³-hybridized carbons (Fsp3) is 0.154. The smallest absolute Gasteiger partial charge is 0.278 e. The lowest BCUT2D eigenvalue weighted by molar-refractivity contribution is -0.119. The largest absolute Gasteiger partial charge is 0.325 e. The van der Waals surface area contributed by atoms with Crippen molar-refractivity contribution < 1.29 is 9.59 Å². The van der Waals surface area contributed by atoms with Crippen LogP contribution in [0.4, 0.5) is 11.4 Å². The highest BCUT2D eigenvalue weighted by molar-refractivity contribution is 6.33. The van der Waals surface area contributed by atoms with Gasteiger partial charge in [-0.2, -0.15) is 0 Å². The summed E-state index contributed by atoms with van der Waals surface area (Å²) in [4.78, 5) is 43.5.